The molecule has 0 amide bonds. The summed E-state index contributed by atoms with van der Waals surface area (Å²) in [6.07, 6.45) is 3.83. The molecule has 0 unspecified atom stereocenters. The lowest BCUT2D eigenvalue weighted by Gasteiger charge is -1.95. The first-order chi connectivity index (χ1) is 4.83. The van der Waals surface area contributed by atoms with Crippen molar-refractivity contribution < 1.29 is 0 Å². The largest absolute Gasteiger partial charge is 0.350 e. The molecule has 0 radical (unpaired) electrons. The average molecular weight is 154 g/mol. The highest BCUT2D eigenvalue weighted by Crippen LogP contribution is 1.96. The van der Waals surface area contributed by atoms with E-state index in [4.69, 9.17) is 12.2 Å². The average Bonchev–Trinajstić information content (AvgIpc) is 1.88. The summed E-state index contributed by atoms with van der Waals surface area (Å²) in [4.78, 5) is 6.91. The van der Waals surface area contributed by atoms with Crippen LogP contribution in [0.3, 0.4) is 0 Å². The van der Waals surface area contributed by atoms with Crippen LogP contribution in [0.4, 0.5) is 0 Å². The normalized spacial score (nSPS) is 9.70. The van der Waals surface area contributed by atoms with E-state index in [-0.39, 0.29) is 0 Å². The van der Waals surface area contributed by atoms with E-state index >= 15 is 0 Å². The minimum absolute atomic E-state index is 0.669. The molecule has 1 heterocycles. The molecular formula is C7H10N2S. The number of hydrogen-bond acceptors (Lipinski definition) is 2. The summed E-state index contributed by atoms with van der Waals surface area (Å²) in [5.74, 6) is 0. The monoisotopic (exact) mass is 154 g/mol. The number of hydrogen-bond donors (Lipinski definition) is 1. The Morgan fingerprint density at radius 3 is 3.10 bits per heavy atom. The summed E-state index contributed by atoms with van der Waals surface area (Å²) >= 11 is 4.88. The molecule has 1 N–H and O–H groups in total. The van der Waals surface area contributed by atoms with E-state index < -0.39 is 0 Å². The van der Waals surface area contributed by atoms with Gasteiger partial charge in [0.2, 0.25) is 0 Å². The molecule has 0 aliphatic rings. The number of rotatable bonds is 2. The molecule has 2 nitrogen and oxygen atoms in total. The van der Waals surface area contributed by atoms with E-state index in [1.54, 1.807) is 6.33 Å². The zero-order chi connectivity index (χ0) is 7.40. The van der Waals surface area contributed by atoms with Crippen molar-refractivity contribution in [2.45, 2.75) is 19.8 Å². The summed E-state index contributed by atoms with van der Waals surface area (Å²) < 4.78 is 0.669. The van der Waals surface area contributed by atoms with Gasteiger partial charge in [-0.15, -0.1) is 0 Å². The summed E-state index contributed by atoms with van der Waals surface area (Å²) in [7, 11) is 0. The Morgan fingerprint density at radius 2 is 2.50 bits per heavy atom. The predicted octanol–water partition coefficient (Wildman–Crippen LogP) is 2.09. The maximum Gasteiger partial charge on any atom is 0.129 e. The second kappa shape index (κ2) is 3.46. The number of nitrogens with one attached hydrogen (secondary N) is 1. The molecule has 54 valence electrons. The Kier molecular flexibility index (Phi) is 2.57. The van der Waals surface area contributed by atoms with E-state index in [2.05, 4.69) is 16.9 Å². The van der Waals surface area contributed by atoms with Gasteiger partial charge in [-0.2, -0.15) is 0 Å². The van der Waals surface area contributed by atoms with Gasteiger partial charge in [-0.1, -0.05) is 25.6 Å². The molecule has 0 aliphatic carbocycles. The van der Waals surface area contributed by atoms with E-state index in [0.717, 1.165) is 12.8 Å². The third kappa shape index (κ3) is 1.92. The molecule has 3 heteroatoms. The fourth-order valence-electron chi connectivity index (χ4n) is 0.820. The van der Waals surface area contributed by atoms with Crippen LogP contribution in [0.15, 0.2) is 12.4 Å². The third-order valence-electron chi connectivity index (χ3n) is 1.26. The van der Waals surface area contributed by atoms with E-state index in [0.29, 0.717) is 4.64 Å². The maximum atomic E-state index is 4.88. The molecule has 1 rings (SSSR count). The zero-order valence-electron chi connectivity index (χ0n) is 5.92. The fraction of sp³-hybridized carbons (Fsp3) is 0.429. The van der Waals surface area contributed by atoms with Gasteiger partial charge >= 0.3 is 0 Å². The lowest BCUT2D eigenvalue weighted by molar-refractivity contribution is 0.870. The fourth-order valence-corrected chi connectivity index (χ4v) is 1.02. The minimum atomic E-state index is 0.669. The summed E-state index contributed by atoms with van der Waals surface area (Å²) in [6.45, 7) is 2.14. The Bertz CT molecular complexity index is 254. The van der Waals surface area contributed by atoms with Crippen molar-refractivity contribution in [2.75, 3.05) is 0 Å². The first-order valence-corrected chi connectivity index (χ1v) is 3.77. The van der Waals surface area contributed by atoms with Gasteiger partial charge in [-0.25, -0.2) is 4.98 Å². The van der Waals surface area contributed by atoms with E-state index in [1.807, 2.05) is 6.07 Å². The molecule has 0 aliphatic heterocycles. The molecule has 0 saturated heterocycles. The first kappa shape index (κ1) is 7.41. The van der Waals surface area contributed by atoms with Crippen LogP contribution in [0.2, 0.25) is 0 Å². The topological polar surface area (TPSA) is 28.7 Å². The van der Waals surface area contributed by atoms with Gasteiger partial charge in [0.1, 0.15) is 4.64 Å². The minimum Gasteiger partial charge on any atom is -0.350 e. The number of aromatic nitrogens is 2. The van der Waals surface area contributed by atoms with Gasteiger partial charge in [-0.05, 0) is 12.5 Å². The van der Waals surface area contributed by atoms with Crippen molar-refractivity contribution in [3.8, 4) is 0 Å². The summed E-state index contributed by atoms with van der Waals surface area (Å²) in [5, 5.41) is 0. The van der Waals surface area contributed by atoms with Crippen LogP contribution < -0.4 is 0 Å². The Labute approximate surface area is 65.3 Å². The highest BCUT2D eigenvalue weighted by atomic mass is 32.1. The molecule has 0 fully saturated rings. The van der Waals surface area contributed by atoms with Gasteiger partial charge < -0.3 is 4.98 Å². The van der Waals surface area contributed by atoms with E-state index in [9.17, 15) is 0 Å². The molecule has 0 aromatic carbocycles. The molecule has 1 aromatic heterocycles. The summed E-state index contributed by atoms with van der Waals surface area (Å²) in [6, 6.07) is 1.90. The van der Waals surface area contributed by atoms with E-state index in [1.165, 1.54) is 5.69 Å². The van der Waals surface area contributed by atoms with Crippen LogP contribution >= 0.6 is 12.2 Å². The number of aromatic amines is 1. The van der Waals surface area contributed by atoms with Crippen molar-refractivity contribution in [3.05, 3.63) is 22.7 Å². The molecule has 0 atom stereocenters. The highest BCUT2D eigenvalue weighted by molar-refractivity contribution is 7.71. The molecule has 0 saturated carbocycles. The first-order valence-electron chi connectivity index (χ1n) is 3.36. The van der Waals surface area contributed by atoms with Crippen molar-refractivity contribution in [2.24, 2.45) is 0 Å². The quantitative estimate of drug-likeness (QED) is 0.661. The van der Waals surface area contributed by atoms with Crippen LogP contribution in [0, 0.1) is 4.64 Å². The second-order valence-electron chi connectivity index (χ2n) is 2.16. The summed E-state index contributed by atoms with van der Waals surface area (Å²) in [5.41, 5.74) is 1.17. The Morgan fingerprint density at radius 1 is 1.70 bits per heavy atom. The highest BCUT2D eigenvalue weighted by Gasteiger charge is 1.88. The van der Waals surface area contributed by atoms with Gasteiger partial charge in [0.25, 0.3) is 0 Å². The van der Waals surface area contributed by atoms with Gasteiger partial charge in [0, 0.05) is 5.69 Å². The van der Waals surface area contributed by atoms with Crippen molar-refractivity contribution in [3.63, 3.8) is 0 Å². The molecule has 10 heavy (non-hydrogen) atoms. The number of H-pyrrole nitrogens is 1. The van der Waals surface area contributed by atoms with Crippen molar-refractivity contribution >= 4 is 12.2 Å². The zero-order valence-corrected chi connectivity index (χ0v) is 6.74. The number of aryl methyl sites for hydroxylation is 1. The van der Waals surface area contributed by atoms with Crippen LogP contribution in [0.5, 0.6) is 0 Å². The van der Waals surface area contributed by atoms with Gasteiger partial charge in [0.05, 0.1) is 6.33 Å². The second-order valence-corrected chi connectivity index (χ2v) is 2.58. The van der Waals surface area contributed by atoms with Crippen molar-refractivity contribution in [1.82, 2.24) is 9.97 Å². The van der Waals surface area contributed by atoms with Gasteiger partial charge in [0.15, 0.2) is 0 Å². The smallest absolute Gasteiger partial charge is 0.129 e. The lowest BCUT2D eigenvalue weighted by Crippen LogP contribution is -1.88. The third-order valence-corrected chi connectivity index (χ3v) is 1.48. The molecule has 1 aromatic rings. The van der Waals surface area contributed by atoms with Gasteiger partial charge in [-0.3, -0.25) is 0 Å². The van der Waals surface area contributed by atoms with Crippen molar-refractivity contribution in [1.29, 1.82) is 0 Å². The Hall–Kier alpha value is -0.700. The standard InChI is InChI=1S/C7H10N2S/c1-2-3-6-4-7(10)9-5-8-6/h4-5H,2-3H2,1H3,(H,8,9,10). The lowest BCUT2D eigenvalue weighted by atomic mass is 10.2. The predicted molar refractivity (Wildman–Crippen MR) is 43.4 cm³/mol. The molecule has 0 bridgehead atoms. The Balaban J connectivity index is 2.85. The molecular weight excluding hydrogens is 144 g/mol. The van der Waals surface area contributed by atoms with Crippen LogP contribution in [-0.4, -0.2) is 9.97 Å². The van der Waals surface area contributed by atoms with Crippen LogP contribution in [-0.2, 0) is 6.42 Å². The molecule has 0 spiro atoms. The number of nitrogens with zero attached hydrogens (tertiary/aromatic N) is 1. The van der Waals surface area contributed by atoms with Crippen LogP contribution in [0.25, 0.3) is 0 Å². The maximum absolute atomic E-state index is 4.88. The SMILES string of the molecule is CCCc1cc(=S)nc[nH]1. The van der Waals surface area contributed by atoms with Crippen LogP contribution in [0.1, 0.15) is 19.0 Å².